The Kier molecular flexibility index (Phi) is 4.46. The summed E-state index contributed by atoms with van der Waals surface area (Å²) in [5.41, 5.74) is 2.75. The molecule has 8 nitrogen and oxygen atoms in total. The van der Waals surface area contributed by atoms with E-state index in [0.717, 1.165) is 22.8 Å². The third-order valence-electron chi connectivity index (χ3n) is 3.17. The van der Waals surface area contributed by atoms with Crippen LogP contribution in [0.2, 0.25) is 0 Å². The first-order chi connectivity index (χ1) is 10.0. The Morgan fingerprint density at radius 2 is 2.24 bits per heavy atom. The first-order valence-corrected chi connectivity index (χ1v) is 6.58. The van der Waals surface area contributed by atoms with Gasteiger partial charge < -0.3 is 15.4 Å². The van der Waals surface area contributed by atoms with Gasteiger partial charge in [0.05, 0.1) is 30.3 Å². The molecule has 0 saturated carbocycles. The number of anilines is 1. The SMILES string of the molecule is CNC(=O)Cn1cc(NCc2c(C)nn(C)c2OC)cn1. The summed E-state index contributed by atoms with van der Waals surface area (Å²) in [4.78, 5) is 11.3. The third kappa shape index (κ3) is 3.33. The lowest BCUT2D eigenvalue weighted by Gasteiger charge is -2.06. The summed E-state index contributed by atoms with van der Waals surface area (Å²) >= 11 is 0. The predicted octanol–water partition coefficient (Wildman–Crippen LogP) is 0.292. The topological polar surface area (TPSA) is 86.0 Å². The average Bonchev–Trinajstić information content (AvgIpc) is 3.00. The zero-order valence-electron chi connectivity index (χ0n) is 12.7. The second-order valence-corrected chi connectivity index (χ2v) is 4.65. The molecule has 8 heteroatoms. The summed E-state index contributed by atoms with van der Waals surface area (Å²) in [5, 5.41) is 14.3. The zero-order chi connectivity index (χ0) is 15.4. The number of hydrogen-bond acceptors (Lipinski definition) is 5. The molecule has 114 valence electrons. The molecule has 2 heterocycles. The molecule has 21 heavy (non-hydrogen) atoms. The van der Waals surface area contributed by atoms with Crippen molar-refractivity contribution in [1.29, 1.82) is 0 Å². The largest absolute Gasteiger partial charge is 0.481 e. The zero-order valence-corrected chi connectivity index (χ0v) is 12.7. The van der Waals surface area contributed by atoms with Gasteiger partial charge in [-0.2, -0.15) is 10.2 Å². The highest BCUT2D eigenvalue weighted by Crippen LogP contribution is 2.22. The number of nitrogens with one attached hydrogen (secondary N) is 2. The van der Waals surface area contributed by atoms with Crippen LogP contribution in [0.1, 0.15) is 11.3 Å². The van der Waals surface area contributed by atoms with Crippen molar-refractivity contribution < 1.29 is 9.53 Å². The minimum absolute atomic E-state index is 0.0885. The van der Waals surface area contributed by atoms with Gasteiger partial charge in [-0.25, -0.2) is 4.68 Å². The number of hydrogen-bond donors (Lipinski definition) is 2. The number of ether oxygens (including phenoxy) is 1. The Morgan fingerprint density at radius 1 is 1.48 bits per heavy atom. The number of methoxy groups -OCH3 is 1. The fourth-order valence-corrected chi connectivity index (χ4v) is 2.10. The molecule has 0 unspecified atom stereocenters. The highest BCUT2D eigenvalue weighted by Gasteiger charge is 2.13. The Bertz CT molecular complexity index is 631. The number of aryl methyl sites for hydroxylation is 2. The molecule has 2 aromatic rings. The maximum Gasteiger partial charge on any atom is 0.241 e. The Labute approximate surface area is 123 Å². The normalized spacial score (nSPS) is 10.5. The van der Waals surface area contributed by atoms with E-state index in [1.807, 2.05) is 14.0 Å². The fourth-order valence-electron chi connectivity index (χ4n) is 2.10. The van der Waals surface area contributed by atoms with Crippen molar-refractivity contribution >= 4 is 11.6 Å². The molecule has 0 spiro atoms. The highest BCUT2D eigenvalue weighted by atomic mass is 16.5. The van der Waals surface area contributed by atoms with Gasteiger partial charge in [-0.15, -0.1) is 0 Å². The van der Waals surface area contributed by atoms with Crippen LogP contribution in [0.15, 0.2) is 12.4 Å². The van der Waals surface area contributed by atoms with Crippen LogP contribution in [0.5, 0.6) is 5.88 Å². The van der Waals surface area contributed by atoms with Gasteiger partial charge >= 0.3 is 0 Å². The molecular weight excluding hydrogens is 272 g/mol. The van der Waals surface area contributed by atoms with Crippen LogP contribution in [0.3, 0.4) is 0 Å². The molecule has 1 amide bonds. The van der Waals surface area contributed by atoms with Crippen molar-refractivity contribution in [2.24, 2.45) is 7.05 Å². The van der Waals surface area contributed by atoms with Gasteiger partial charge in [-0.3, -0.25) is 9.48 Å². The number of aromatic nitrogens is 4. The number of carbonyl (C=O) groups is 1. The third-order valence-corrected chi connectivity index (χ3v) is 3.17. The van der Waals surface area contributed by atoms with Gasteiger partial charge in [-0.1, -0.05) is 0 Å². The van der Waals surface area contributed by atoms with Crippen LogP contribution in [0.25, 0.3) is 0 Å². The smallest absolute Gasteiger partial charge is 0.241 e. The van der Waals surface area contributed by atoms with Gasteiger partial charge in [0.25, 0.3) is 0 Å². The first kappa shape index (κ1) is 14.9. The number of carbonyl (C=O) groups excluding carboxylic acids is 1. The van der Waals surface area contributed by atoms with E-state index in [1.54, 1.807) is 35.9 Å². The lowest BCUT2D eigenvalue weighted by Crippen LogP contribution is -2.23. The summed E-state index contributed by atoms with van der Waals surface area (Å²) in [7, 11) is 5.07. The minimum Gasteiger partial charge on any atom is -0.481 e. The van der Waals surface area contributed by atoms with Crippen molar-refractivity contribution in [3.05, 3.63) is 23.7 Å². The van der Waals surface area contributed by atoms with E-state index in [0.29, 0.717) is 6.54 Å². The maximum atomic E-state index is 11.3. The quantitative estimate of drug-likeness (QED) is 0.799. The molecule has 2 N–H and O–H groups in total. The molecule has 2 aromatic heterocycles. The lowest BCUT2D eigenvalue weighted by atomic mass is 10.2. The second-order valence-electron chi connectivity index (χ2n) is 4.65. The molecular formula is C13H20N6O2. The molecule has 2 rings (SSSR count). The lowest BCUT2D eigenvalue weighted by molar-refractivity contribution is -0.121. The monoisotopic (exact) mass is 292 g/mol. The molecule has 0 bridgehead atoms. The molecule has 0 fully saturated rings. The van der Waals surface area contributed by atoms with E-state index in [-0.39, 0.29) is 12.5 Å². The molecule has 0 atom stereocenters. The van der Waals surface area contributed by atoms with E-state index in [1.165, 1.54) is 0 Å². The van der Waals surface area contributed by atoms with Crippen molar-refractivity contribution in [2.45, 2.75) is 20.0 Å². The summed E-state index contributed by atoms with van der Waals surface area (Å²) in [6.07, 6.45) is 3.47. The van der Waals surface area contributed by atoms with E-state index < -0.39 is 0 Å². The number of rotatable bonds is 6. The van der Waals surface area contributed by atoms with Gasteiger partial charge in [-0.05, 0) is 6.92 Å². The maximum absolute atomic E-state index is 11.3. The Balaban J connectivity index is 2.02. The van der Waals surface area contributed by atoms with Crippen LogP contribution in [-0.2, 0) is 24.9 Å². The van der Waals surface area contributed by atoms with Crippen molar-refractivity contribution in [3.8, 4) is 5.88 Å². The highest BCUT2D eigenvalue weighted by molar-refractivity contribution is 5.75. The van der Waals surface area contributed by atoms with Crippen LogP contribution >= 0.6 is 0 Å². The van der Waals surface area contributed by atoms with Crippen LogP contribution in [0, 0.1) is 6.92 Å². The van der Waals surface area contributed by atoms with E-state index in [4.69, 9.17) is 4.74 Å². The van der Waals surface area contributed by atoms with Crippen molar-refractivity contribution in [2.75, 3.05) is 19.5 Å². The average molecular weight is 292 g/mol. The van der Waals surface area contributed by atoms with Gasteiger partial charge in [0.2, 0.25) is 11.8 Å². The number of amides is 1. The minimum atomic E-state index is -0.0885. The summed E-state index contributed by atoms with van der Waals surface area (Å²) in [5.74, 6) is 0.646. The summed E-state index contributed by atoms with van der Waals surface area (Å²) < 4.78 is 8.63. The molecule has 0 aliphatic carbocycles. The Morgan fingerprint density at radius 3 is 2.90 bits per heavy atom. The van der Waals surface area contributed by atoms with Crippen molar-refractivity contribution in [1.82, 2.24) is 24.9 Å². The number of nitrogens with zero attached hydrogens (tertiary/aromatic N) is 4. The summed E-state index contributed by atoms with van der Waals surface area (Å²) in [6.45, 7) is 2.72. The first-order valence-electron chi connectivity index (χ1n) is 6.58. The molecule has 0 aromatic carbocycles. The van der Waals surface area contributed by atoms with Gasteiger partial charge in [0.1, 0.15) is 6.54 Å². The summed E-state index contributed by atoms with van der Waals surface area (Å²) in [6, 6.07) is 0. The second kappa shape index (κ2) is 6.29. The Hall–Kier alpha value is -2.51. The fraction of sp³-hybridized carbons (Fsp3) is 0.462. The standard InChI is InChI=1S/C13H20N6O2/c1-9-11(13(21-4)18(3)17-9)6-15-10-5-16-19(7-10)8-12(20)14-2/h5,7,15H,6,8H2,1-4H3,(H,14,20). The molecule has 0 radical (unpaired) electrons. The van der Waals surface area contributed by atoms with Crippen LogP contribution < -0.4 is 15.4 Å². The van der Waals surface area contributed by atoms with Crippen LogP contribution in [-0.4, -0.2) is 39.6 Å². The van der Waals surface area contributed by atoms with E-state index in [2.05, 4.69) is 20.8 Å². The van der Waals surface area contributed by atoms with Crippen molar-refractivity contribution in [3.63, 3.8) is 0 Å². The molecule has 0 aliphatic rings. The molecule has 0 saturated heterocycles. The van der Waals surface area contributed by atoms with Gasteiger partial charge in [0, 0.05) is 26.8 Å². The van der Waals surface area contributed by atoms with Gasteiger partial charge in [0.15, 0.2) is 0 Å². The van der Waals surface area contributed by atoms with Crippen LogP contribution in [0.4, 0.5) is 5.69 Å². The van der Waals surface area contributed by atoms with E-state index in [9.17, 15) is 4.79 Å². The van der Waals surface area contributed by atoms with E-state index >= 15 is 0 Å². The number of likely N-dealkylation sites (N-methyl/N-ethyl adjacent to an activating group) is 1. The predicted molar refractivity (Wildman–Crippen MR) is 78.1 cm³/mol. The molecule has 0 aliphatic heterocycles.